The third-order valence-corrected chi connectivity index (χ3v) is 3.84. The number of benzene rings is 2. The second kappa shape index (κ2) is 6.52. The third kappa shape index (κ3) is 3.06. The number of fused-ring (bicyclic) bond motifs is 1. The minimum absolute atomic E-state index is 0.00663. The molecule has 0 unspecified atom stereocenters. The van der Waals surface area contributed by atoms with Crippen molar-refractivity contribution < 1.29 is 14.3 Å². The van der Waals surface area contributed by atoms with E-state index >= 15 is 0 Å². The van der Waals surface area contributed by atoms with Gasteiger partial charge in [0.15, 0.2) is 0 Å². The Morgan fingerprint density at radius 3 is 2.86 bits per heavy atom. The highest BCUT2D eigenvalue weighted by molar-refractivity contribution is 5.80. The summed E-state index contributed by atoms with van der Waals surface area (Å²) >= 11 is 0. The van der Waals surface area contributed by atoms with E-state index in [1.54, 1.807) is 7.11 Å². The average Bonchev–Trinajstić information content (AvgIpc) is 2.55. The first-order valence-electron chi connectivity index (χ1n) is 7.41. The van der Waals surface area contributed by atoms with Crippen molar-refractivity contribution in [3.63, 3.8) is 0 Å². The largest absolute Gasteiger partial charge is 0.496 e. The molecule has 0 fully saturated rings. The molecule has 0 saturated carbocycles. The highest BCUT2D eigenvalue weighted by atomic mass is 16.5. The van der Waals surface area contributed by atoms with Gasteiger partial charge in [0.25, 0.3) is 0 Å². The number of ether oxygens (including phenoxy) is 2. The van der Waals surface area contributed by atoms with Crippen molar-refractivity contribution >= 4 is 5.91 Å². The fourth-order valence-electron chi connectivity index (χ4n) is 2.76. The SMILES string of the molecule is COc1ccccc1CC(=O)N[C@H]1CCOc2ccccc21. The zero-order chi connectivity index (χ0) is 15.4. The van der Waals surface area contributed by atoms with E-state index < -0.39 is 0 Å². The first-order valence-corrected chi connectivity index (χ1v) is 7.41. The second-order valence-electron chi connectivity index (χ2n) is 5.28. The van der Waals surface area contributed by atoms with Crippen LogP contribution < -0.4 is 14.8 Å². The molecule has 0 bridgehead atoms. The Kier molecular flexibility index (Phi) is 4.28. The molecule has 0 aromatic heterocycles. The Morgan fingerprint density at radius 1 is 1.23 bits per heavy atom. The van der Waals surface area contributed by atoms with Crippen molar-refractivity contribution in [2.24, 2.45) is 0 Å². The first-order chi connectivity index (χ1) is 10.8. The Morgan fingerprint density at radius 2 is 2.00 bits per heavy atom. The highest BCUT2D eigenvalue weighted by Crippen LogP contribution is 2.31. The van der Waals surface area contributed by atoms with Gasteiger partial charge >= 0.3 is 0 Å². The molecule has 1 heterocycles. The Balaban J connectivity index is 1.70. The van der Waals surface area contributed by atoms with E-state index in [0.717, 1.165) is 29.0 Å². The molecule has 3 rings (SSSR count). The van der Waals surface area contributed by atoms with Gasteiger partial charge in [-0.25, -0.2) is 0 Å². The van der Waals surface area contributed by atoms with Gasteiger partial charge in [-0.3, -0.25) is 4.79 Å². The van der Waals surface area contributed by atoms with Gasteiger partial charge in [0.1, 0.15) is 11.5 Å². The molecule has 1 aliphatic rings. The molecule has 1 atom stereocenters. The number of carbonyl (C=O) groups excluding carboxylic acids is 1. The molecule has 0 spiro atoms. The summed E-state index contributed by atoms with van der Waals surface area (Å²) in [6.45, 7) is 0.622. The summed E-state index contributed by atoms with van der Waals surface area (Å²) in [5.41, 5.74) is 1.94. The molecule has 2 aromatic carbocycles. The molecule has 22 heavy (non-hydrogen) atoms. The number of nitrogens with one attached hydrogen (secondary N) is 1. The molecule has 0 radical (unpaired) electrons. The molecule has 4 nitrogen and oxygen atoms in total. The molecule has 1 aliphatic heterocycles. The Hall–Kier alpha value is -2.49. The molecule has 0 aliphatic carbocycles. The lowest BCUT2D eigenvalue weighted by atomic mass is 10.00. The number of methoxy groups -OCH3 is 1. The summed E-state index contributed by atoms with van der Waals surface area (Å²) in [7, 11) is 1.62. The maximum absolute atomic E-state index is 12.4. The summed E-state index contributed by atoms with van der Waals surface area (Å²) in [5, 5.41) is 3.10. The Labute approximate surface area is 130 Å². The molecular formula is C18H19NO3. The van der Waals surface area contributed by atoms with Crippen molar-refractivity contribution in [1.82, 2.24) is 5.32 Å². The van der Waals surface area contributed by atoms with Crippen LogP contribution in [0.5, 0.6) is 11.5 Å². The molecule has 0 saturated heterocycles. The van der Waals surface area contributed by atoms with Gasteiger partial charge in [-0.2, -0.15) is 0 Å². The van der Waals surface area contributed by atoms with E-state index in [-0.39, 0.29) is 11.9 Å². The van der Waals surface area contributed by atoms with Gasteiger partial charge in [0.05, 0.1) is 26.2 Å². The van der Waals surface area contributed by atoms with Crippen molar-refractivity contribution in [3.8, 4) is 11.5 Å². The normalized spacial score (nSPS) is 16.3. The summed E-state index contributed by atoms with van der Waals surface area (Å²) in [6, 6.07) is 15.4. The van der Waals surface area contributed by atoms with Gasteiger partial charge in [0, 0.05) is 17.5 Å². The average molecular weight is 297 g/mol. The number of para-hydroxylation sites is 2. The first kappa shape index (κ1) is 14.4. The molecule has 1 amide bonds. The third-order valence-electron chi connectivity index (χ3n) is 3.84. The van der Waals surface area contributed by atoms with E-state index in [1.165, 1.54) is 0 Å². The van der Waals surface area contributed by atoms with E-state index in [9.17, 15) is 4.79 Å². The van der Waals surface area contributed by atoms with Crippen LogP contribution >= 0.6 is 0 Å². The lowest BCUT2D eigenvalue weighted by Gasteiger charge is -2.26. The molecular weight excluding hydrogens is 278 g/mol. The van der Waals surface area contributed by atoms with Gasteiger partial charge in [-0.05, 0) is 12.1 Å². The number of rotatable bonds is 4. The van der Waals surface area contributed by atoms with Crippen LogP contribution in [-0.2, 0) is 11.2 Å². The summed E-state index contributed by atoms with van der Waals surface area (Å²) in [4.78, 5) is 12.4. The lowest BCUT2D eigenvalue weighted by Crippen LogP contribution is -2.33. The van der Waals surface area contributed by atoms with Gasteiger partial charge in [-0.15, -0.1) is 0 Å². The van der Waals surface area contributed by atoms with Crippen LogP contribution in [0, 0.1) is 0 Å². The number of hydrogen-bond acceptors (Lipinski definition) is 3. The highest BCUT2D eigenvalue weighted by Gasteiger charge is 2.22. The minimum Gasteiger partial charge on any atom is -0.496 e. The summed E-state index contributed by atoms with van der Waals surface area (Å²) < 4.78 is 10.9. The molecule has 2 aromatic rings. The smallest absolute Gasteiger partial charge is 0.225 e. The summed E-state index contributed by atoms with van der Waals surface area (Å²) in [6.07, 6.45) is 1.10. The second-order valence-corrected chi connectivity index (χ2v) is 5.28. The predicted molar refractivity (Wildman–Crippen MR) is 84.1 cm³/mol. The van der Waals surface area contributed by atoms with Crippen LogP contribution in [0.4, 0.5) is 0 Å². The van der Waals surface area contributed by atoms with Gasteiger partial charge < -0.3 is 14.8 Å². The standard InChI is InChI=1S/C18H19NO3/c1-21-16-8-4-2-6-13(16)12-18(20)19-15-10-11-22-17-9-5-3-7-14(15)17/h2-9,15H,10-12H2,1H3,(H,19,20)/t15-/m0/s1. The number of amides is 1. The van der Waals surface area contributed by atoms with Crippen LogP contribution in [0.1, 0.15) is 23.6 Å². The van der Waals surface area contributed by atoms with Gasteiger partial charge in [-0.1, -0.05) is 36.4 Å². The summed E-state index contributed by atoms with van der Waals surface area (Å²) in [5.74, 6) is 1.59. The maximum Gasteiger partial charge on any atom is 0.225 e. The lowest BCUT2D eigenvalue weighted by molar-refractivity contribution is -0.121. The van der Waals surface area contributed by atoms with Crippen molar-refractivity contribution in [2.45, 2.75) is 18.9 Å². The van der Waals surface area contributed by atoms with E-state index in [2.05, 4.69) is 5.32 Å². The van der Waals surface area contributed by atoms with E-state index in [1.807, 2.05) is 48.5 Å². The number of hydrogen-bond donors (Lipinski definition) is 1. The molecule has 1 N–H and O–H groups in total. The fourth-order valence-corrected chi connectivity index (χ4v) is 2.76. The Bertz CT molecular complexity index is 669. The topological polar surface area (TPSA) is 47.6 Å². The van der Waals surface area contributed by atoms with Crippen molar-refractivity contribution in [1.29, 1.82) is 0 Å². The van der Waals surface area contributed by atoms with Crippen LogP contribution in [-0.4, -0.2) is 19.6 Å². The van der Waals surface area contributed by atoms with E-state index in [4.69, 9.17) is 9.47 Å². The van der Waals surface area contributed by atoms with Crippen molar-refractivity contribution in [3.05, 3.63) is 59.7 Å². The van der Waals surface area contributed by atoms with Crippen LogP contribution in [0.25, 0.3) is 0 Å². The minimum atomic E-state index is -0.00815. The number of carbonyl (C=O) groups is 1. The molecule has 114 valence electrons. The zero-order valence-corrected chi connectivity index (χ0v) is 12.5. The van der Waals surface area contributed by atoms with Gasteiger partial charge in [0.2, 0.25) is 5.91 Å². The zero-order valence-electron chi connectivity index (χ0n) is 12.5. The van der Waals surface area contributed by atoms with Crippen LogP contribution in [0.15, 0.2) is 48.5 Å². The quantitative estimate of drug-likeness (QED) is 0.944. The van der Waals surface area contributed by atoms with Crippen LogP contribution in [0.3, 0.4) is 0 Å². The molecule has 4 heteroatoms. The van der Waals surface area contributed by atoms with Crippen molar-refractivity contribution in [2.75, 3.05) is 13.7 Å². The monoisotopic (exact) mass is 297 g/mol. The van der Waals surface area contributed by atoms with Crippen LogP contribution in [0.2, 0.25) is 0 Å². The fraction of sp³-hybridized carbons (Fsp3) is 0.278. The predicted octanol–water partition coefficient (Wildman–Crippen LogP) is 2.88. The van der Waals surface area contributed by atoms with E-state index in [0.29, 0.717) is 13.0 Å². The maximum atomic E-state index is 12.4.